The quantitative estimate of drug-likeness (QED) is 0.626. The molecule has 0 amide bonds. The van der Waals surface area contributed by atoms with Crippen molar-refractivity contribution < 1.29 is 0 Å². The fourth-order valence-corrected chi connectivity index (χ4v) is 2.27. The van der Waals surface area contributed by atoms with Crippen molar-refractivity contribution in [1.82, 2.24) is 23.7 Å². The minimum Gasteiger partial charge on any atom is -0.321 e. The summed E-state index contributed by atoms with van der Waals surface area (Å²) in [6, 6.07) is 3.66. The van der Waals surface area contributed by atoms with E-state index in [1.807, 2.05) is 6.07 Å². The van der Waals surface area contributed by atoms with Crippen LogP contribution in [0.2, 0.25) is 0 Å². The fourth-order valence-electron chi connectivity index (χ4n) is 2.27. The molecule has 0 unspecified atom stereocenters. The largest absolute Gasteiger partial charge is 0.332 e. The number of hydrogen-bond donors (Lipinski definition) is 0. The first kappa shape index (κ1) is 12.3. The summed E-state index contributed by atoms with van der Waals surface area (Å²) >= 11 is 0. The summed E-state index contributed by atoms with van der Waals surface area (Å²) in [5.41, 5.74) is 0.820. The van der Waals surface area contributed by atoms with Crippen molar-refractivity contribution in [2.45, 2.75) is 0 Å². The number of nitrogens with zero attached hydrogens (tertiary/aromatic N) is 5. The molecule has 0 spiro atoms. The summed E-state index contributed by atoms with van der Waals surface area (Å²) in [6.45, 7) is 0. The van der Waals surface area contributed by atoms with Crippen LogP contribution >= 0.6 is 0 Å². The zero-order valence-electron chi connectivity index (χ0n) is 11.4. The molecule has 20 heavy (non-hydrogen) atoms. The van der Waals surface area contributed by atoms with Crippen molar-refractivity contribution in [2.75, 3.05) is 0 Å². The normalized spacial score (nSPS) is 11.2. The molecule has 0 fully saturated rings. The van der Waals surface area contributed by atoms with Crippen LogP contribution in [-0.4, -0.2) is 23.7 Å². The Labute approximate surface area is 113 Å². The predicted molar refractivity (Wildman–Crippen MR) is 74.4 cm³/mol. The second-order valence-corrected chi connectivity index (χ2v) is 4.61. The summed E-state index contributed by atoms with van der Waals surface area (Å²) in [4.78, 5) is 32.6. The molecule has 3 aromatic rings. The maximum Gasteiger partial charge on any atom is 0.332 e. The third kappa shape index (κ3) is 1.52. The Morgan fingerprint density at radius 1 is 1.05 bits per heavy atom. The van der Waals surface area contributed by atoms with Gasteiger partial charge in [-0.15, -0.1) is 0 Å². The first-order chi connectivity index (χ1) is 9.52. The average Bonchev–Trinajstić information content (AvgIpc) is 2.81. The van der Waals surface area contributed by atoms with Crippen LogP contribution in [0, 0.1) is 0 Å². The molecule has 3 heterocycles. The highest BCUT2D eigenvalue weighted by atomic mass is 16.2. The van der Waals surface area contributed by atoms with Crippen LogP contribution in [-0.2, 0) is 21.1 Å². The van der Waals surface area contributed by atoms with Crippen molar-refractivity contribution in [1.29, 1.82) is 0 Å². The van der Waals surface area contributed by atoms with Crippen molar-refractivity contribution in [2.24, 2.45) is 21.1 Å². The molecule has 7 nitrogen and oxygen atoms in total. The van der Waals surface area contributed by atoms with E-state index in [9.17, 15) is 9.59 Å². The predicted octanol–water partition coefficient (Wildman–Crippen LogP) is 0.0327. The molecule has 0 saturated heterocycles. The lowest BCUT2D eigenvalue weighted by Gasteiger charge is -2.03. The lowest BCUT2D eigenvalue weighted by molar-refractivity contribution is 0.705. The standard InChI is InChI=1S/C13H13N5O2/c1-16-9-11(17(2)13(20)18(3)12(9)19)15-10(16)8-5-4-6-14-7-8/h4-7H,1-3H3. The number of fused-ring (bicyclic) bond motifs is 1. The average molecular weight is 271 g/mol. The zero-order chi connectivity index (χ0) is 14.4. The van der Waals surface area contributed by atoms with E-state index in [2.05, 4.69) is 9.97 Å². The third-order valence-electron chi connectivity index (χ3n) is 3.40. The van der Waals surface area contributed by atoms with Gasteiger partial charge in [-0.05, 0) is 12.1 Å². The molecule has 0 aliphatic heterocycles. The topological polar surface area (TPSA) is 74.7 Å². The second-order valence-electron chi connectivity index (χ2n) is 4.61. The number of aryl methyl sites for hydroxylation is 2. The van der Waals surface area contributed by atoms with E-state index in [0.717, 1.165) is 10.1 Å². The SMILES string of the molecule is Cn1c(=O)c2c(nc(-c3cccnc3)n2C)n(C)c1=O. The van der Waals surface area contributed by atoms with Crippen LogP contribution in [0.15, 0.2) is 34.1 Å². The molecule has 0 bridgehead atoms. The van der Waals surface area contributed by atoms with Gasteiger partial charge in [0.2, 0.25) is 0 Å². The van der Waals surface area contributed by atoms with Crippen LogP contribution in [0.3, 0.4) is 0 Å². The minimum absolute atomic E-state index is 0.353. The van der Waals surface area contributed by atoms with Gasteiger partial charge in [-0.25, -0.2) is 9.78 Å². The molecule has 0 aliphatic carbocycles. The van der Waals surface area contributed by atoms with E-state index >= 15 is 0 Å². The number of rotatable bonds is 1. The van der Waals surface area contributed by atoms with Gasteiger partial charge in [-0.2, -0.15) is 0 Å². The van der Waals surface area contributed by atoms with Gasteiger partial charge >= 0.3 is 5.69 Å². The Hall–Kier alpha value is -2.70. The number of imidazole rings is 1. The van der Waals surface area contributed by atoms with Crippen molar-refractivity contribution in [3.63, 3.8) is 0 Å². The van der Waals surface area contributed by atoms with E-state index in [0.29, 0.717) is 17.0 Å². The summed E-state index contributed by atoms with van der Waals surface area (Å²) in [6.07, 6.45) is 3.34. The van der Waals surface area contributed by atoms with Gasteiger partial charge in [0, 0.05) is 39.1 Å². The number of hydrogen-bond acceptors (Lipinski definition) is 4. The number of aromatic nitrogens is 5. The molecule has 0 N–H and O–H groups in total. The zero-order valence-corrected chi connectivity index (χ0v) is 11.4. The van der Waals surface area contributed by atoms with Crippen LogP contribution in [0.5, 0.6) is 0 Å². The summed E-state index contributed by atoms with van der Waals surface area (Å²) < 4.78 is 4.14. The Balaban J connectivity index is 2.49. The van der Waals surface area contributed by atoms with E-state index in [-0.39, 0.29) is 5.56 Å². The number of pyridine rings is 1. The lowest BCUT2D eigenvalue weighted by Crippen LogP contribution is -2.37. The van der Waals surface area contributed by atoms with E-state index in [1.54, 1.807) is 37.1 Å². The fraction of sp³-hybridized carbons (Fsp3) is 0.231. The highest BCUT2D eigenvalue weighted by Crippen LogP contribution is 2.19. The summed E-state index contributed by atoms with van der Waals surface area (Å²) in [5, 5.41) is 0. The van der Waals surface area contributed by atoms with Gasteiger partial charge < -0.3 is 4.57 Å². The first-order valence-corrected chi connectivity index (χ1v) is 6.05. The molecule has 7 heteroatoms. The Morgan fingerprint density at radius 3 is 2.45 bits per heavy atom. The molecule has 102 valence electrons. The van der Waals surface area contributed by atoms with Gasteiger partial charge in [0.1, 0.15) is 5.82 Å². The first-order valence-electron chi connectivity index (χ1n) is 6.05. The monoisotopic (exact) mass is 271 g/mol. The molecular weight excluding hydrogens is 258 g/mol. The third-order valence-corrected chi connectivity index (χ3v) is 3.40. The molecule has 0 atom stereocenters. The van der Waals surface area contributed by atoms with Crippen LogP contribution in [0.4, 0.5) is 0 Å². The van der Waals surface area contributed by atoms with Gasteiger partial charge in [0.05, 0.1) is 0 Å². The minimum atomic E-state index is -0.390. The molecule has 0 aliphatic rings. The van der Waals surface area contributed by atoms with Gasteiger partial charge in [0.15, 0.2) is 11.2 Å². The van der Waals surface area contributed by atoms with Gasteiger partial charge in [-0.3, -0.25) is 18.9 Å². The maximum absolute atomic E-state index is 12.2. The van der Waals surface area contributed by atoms with Crippen LogP contribution < -0.4 is 11.2 Å². The molecule has 0 saturated carbocycles. The maximum atomic E-state index is 12.2. The van der Waals surface area contributed by atoms with Gasteiger partial charge in [-0.1, -0.05) is 0 Å². The van der Waals surface area contributed by atoms with Crippen molar-refractivity contribution in [3.8, 4) is 11.4 Å². The second kappa shape index (κ2) is 4.16. The van der Waals surface area contributed by atoms with Crippen LogP contribution in [0.25, 0.3) is 22.6 Å². The molecular formula is C13H13N5O2. The Bertz CT molecular complexity index is 918. The molecule has 3 aromatic heterocycles. The van der Waals surface area contributed by atoms with Crippen molar-refractivity contribution >= 4 is 11.2 Å². The van der Waals surface area contributed by atoms with E-state index in [4.69, 9.17) is 0 Å². The Morgan fingerprint density at radius 2 is 1.80 bits per heavy atom. The molecule has 0 radical (unpaired) electrons. The highest BCUT2D eigenvalue weighted by molar-refractivity contribution is 5.76. The molecule has 3 rings (SSSR count). The highest BCUT2D eigenvalue weighted by Gasteiger charge is 2.17. The van der Waals surface area contributed by atoms with E-state index in [1.165, 1.54) is 11.6 Å². The summed E-state index contributed by atoms with van der Waals surface area (Å²) in [7, 11) is 4.81. The lowest BCUT2D eigenvalue weighted by atomic mass is 10.3. The Kier molecular flexibility index (Phi) is 2.56. The summed E-state index contributed by atoms with van der Waals surface area (Å²) in [5.74, 6) is 0.603. The van der Waals surface area contributed by atoms with E-state index < -0.39 is 5.69 Å². The van der Waals surface area contributed by atoms with Crippen molar-refractivity contribution in [3.05, 3.63) is 45.4 Å². The molecule has 0 aromatic carbocycles. The smallest absolute Gasteiger partial charge is 0.321 e. The van der Waals surface area contributed by atoms with Crippen LogP contribution in [0.1, 0.15) is 0 Å². The van der Waals surface area contributed by atoms with Gasteiger partial charge in [0.25, 0.3) is 5.56 Å².